The third kappa shape index (κ3) is 4.67. The Hall–Kier alpha value is -2.49. The lowest BCUT2D eigenvalue weighted by Crippen LogP contribution is -2.11. The molecular weight excluding hydrogens is 346 g/mol. The Bertz CT molecular complexity index is 874. The van der Waals surface area contributed by atoms with Crippen molar-refractivity contribution in [1.29, 1.82) is 0 Å². The van der Waals surface area contributed by atoms with Crippen LogP contribution < -0.4 is 0 Å². The number of hydrogen-bond donors (Lipinski definition) is 2. The molecule has 3 rings (SSSR count). The predicted octanol–water partition coefficient (Wildman–Crippen LogP) is 6.14. The van der Waals surface area contributed by atoms with Gasteiger partial charge < -0.3 is 14.7 Å². The monoisotopic (exact) mass is 379 g/mol. The van der Waals surface area contributed by atoms with Gasteiger partial charge in [-0.3, -0.25) is 0 Å². The highest BCUT2D eigenvalue weighted by atomic mass is 16.5. The molecule has 0 unspecified atom stereocenters. The number of aryl methyl sites for hydroxylation is 1. The van der Waals surface area contributed by atoms with E-state index < -0.39 is 0 Å². The second-order valence-corrected chi connectivity index (χ2v) is 8.51. The van der Waals surface area contributed by atoms with Crippen LogP contribution in [0.3, 0.4) is 0 Å². The van der Waals surface area contributed by atoms with Crippen molar-refractivity contribution >= 4 is 11.8 Å². The summed E-state index contributed by atoms with van der Waals surface area (Å²) in [4.78, 5) is 11.7. The first kappa shape index (κ1) is 20.2. The number of aromatic nitrogens is 2. The van der Waals surface area contributed by atoms with Gasteiger partial charge in [0.05, 0.1) is 18.5 Å². The number of unbranched alkanes of at least 4 members (excludes halogenated alkanes) is 3. The van der Waals surface area contributed by atoms with Gasteiger partial charge in [0, 0.05) is 23.7 Å². The summed E-state index contributed by atoms with van der Waals surface area (Å²) in [6, 6.07) is 6.33. The highest BCUT2D eigenvalue weighted by Crippen LogP contribution is 2.31. The number of aromatic amines is 2. The first-order valence-electron chi connectivity index (χ1n) is 10.3. The molecule has 4 nitrogen and oxygen atoms in total. The molecule has 0 fully saturated rings. The van der Waals surface area contributed by atoms with Gasteiger partial charge in [0.25, 0.3) is 0 Å². The van der Waals surface area contributed by atoms with Gasteiger partial charge in [-0.25, -0.2) is 4.99 Å². The van der Waals surface area contributed by atoms with Crippen molar-refractivity contribution in [3.8, 4) is 0 Å². The summed E-state index contributed by atoms with van der Waals surface area (Å²) in [6.07, 6.45) is 12.2. The van der Waals surface area contributed by atoms with Crippen LogP contribution in [0.15, 0.2) is 46.9 Å². The molecule has 0 saturated heterocycles. The Morgan fingerprint density at radius 2 is 2.00 bits per heavy atom. The van der Waals surface area contributed by atoms with Crippen LogP contribution in [0.25, 0.3) is 6.08 Å². The Balaban J connectivity index is 1.91. The van der Waals surface area contributed by atoms with Crippen LogP contribution in [0.1, 0.15) is 76.0 Å². The fraction of sp³-hybridized carbons (Fsp3) is 0.458. The quantitative estimate of drug-likeness (QED) is 0.532. The van der Waals surface area contributed by atoms with Gasteiger partial charge >= 0.3 is 0 Å². The Morgan fingerprint density at radius 3 is 2.64 bits per heavy atom. The topological polar surface area (TPSA) is 53.2 Å². The summed E-state index contributed by atoms with van der Waals surface area (Å²) >= 11 is 0. The average molecular weight is 380 g/mol. The summed E-state index contributed by atoms with van der Waals surface area (Å²) < 4.78 is 5.60. The fourth-order valence-corrected chi connectivity index (χ4v) is 3.59. The van der Waals surface area contributed by atoms with Crippen molar-refractivity contribution < 1.29 is 4.74 Å². The van der Waals surface area contributed by atoms with Crippen LogP contribution in [0.5, 0.6) is 0 Å². The van der Waals surface area contributed by atoms with E-state index in [1.807, 2.05) is 24.4 Å². The van der Waals surface area contributed by atoms with Gasteiger partial charge in [-0.05, 0) is 48.1 Å². The second-order valence-electron chi connectivity index (χ2n) is 8.51. The minimum absolute atomic E-state index is 0.0616. The van der Waals surface area contributed by atoms with E-state index in [0.29, 0.717) is 0 Å². The van der Waals surface area contributed by atoms with Crippen molar-refractivity contribution in [3.05, 3.63) is 64.6 Å². The van der Waals surface area contributed by atoms with Gasteiger partial charge in [-0.2, -0.15) is 0 Å². The number of nitrogens with zero attached hydrogens (tertiary/aromatic N) is 1. The molecule has 0 aromatic carbocycles. The maximum absolute atomic E-state index is 5.60. The first-order valence-corrected chi connectivity index (χ1v) is 10.3. The Morgan fingerprint density at radius 1 is 1.18 bits per heavy atom. The van der Waals surface area contributed by atoms with E-state index in [4.69, 9.17) is 9.73 Å². The van der Waals surface area contributed by atoms with Crippen LogP contribution in [0.4, 0.5) is 0 Å². The van der Waals surface area contributed by atoms with Crippen molar-refractivity contribution in [2.24, 2.45) is 4.99 Å². The Labute approximate surface area is 168 Å². The summed E-state index contributed by atoms with van der Waals surface area (Å²) in [5.41, 5.74) is 6.58. The summed E-state index contributed by atoms with van der Waals surface area (Å²) in [7, 11) is 1.70. The second kappa shape index (κ2) is 8.68. The molecule has 2 N–H and O–H groups in total. The average Bonchev–Trinajstić information content (AvgIpc) is 3.37. The molecule has 150 valence electrons. The molecule has 0 bridgehead atoms. The van der Waals surface area contributed by atoms with Gasteiger partial charge in [0.15, 0.2) is 0 Å². The van der Waals surface area contributed by atoms with Crippen molar-refractivity contribution in [2.75, 3.05) is 7.11 Å². The van der Waals surface area contributed by atoms with E-state index in [9.17, 15) is 0 Å². The van der Waals surface area contributed by atoms with Crippen molar-refractivity contribution in [2.45, 2.75) is 65.2 Å². The van der Waals surface area contributed by atoms with E-state index in [0.717, 1.165) is 35.0 Å². The third-order valence-corrected chi connectivity index (χ3v) is 5.15. The highest BCUT2D eigenvalue weighted by Gasteiger charge is 2.22. The fourth-order valence-electron chi connectivity index (χ4n) is 3.59. The zero-order chi connectivity index (χ0) is 20.1. The molecule has 0 atom stereocenters. The molecule has 2 aromatic rings. The number of hydrogen-bond acceptors (Lipinski definition) is 2. The van der Waals surface area contributed by atoms with Gasteiger partial charge in [0.1, 0.15) is 11.5 Å². The number of ether oxygens (including phenoxy) is 1. The Kier molecular flexibility index (Phi) is 6.28. The number of allylic oxidation sites excluding steroid dienone is 1. The molecule has 1 aliphatic rings. The van der Waals surface area contributed by atoms with Crippen LogP contribution >= 0.6 is 0 Å². The molecule has 1 aliphatic heterocycles. The zero-order valence-corrected chi connectivity index (χ0v) is 17.9. The normalized spacial score (nSPS) is 15.8. The SMILES string of the molecule is CCCCCCc1cc(C(C)(C)C)c(/C=C2/N=C(c3ccc[nH]3)C=C2OC)[nH]1. The predicted molar refractivity (Wildman–Crippen MR) is 118 cm³/mol. The lowest BCUT2D eigenvalue weighted by molar-refractivity contribution is 0.303. The van der Waals surface area contributed by atoms with Crippen LogP contribution in [0.2, 0.25) is 0 Å². The van der Waals surface area contributed by atoms with Crippen LogP contribution in [-0.4, -0.2) is 22.8 Å². The molecule has 4 heteroatoms. The largest absolute Gasteiger partial charge is 0.494 e. The standard InChI is InChI=1S/C24H33N3O/c1-6-7-8-9-11-17-14-18(24(2,3)4)20(26-17)15-22-23(28-5)16-21(27-22)19-12-10-13-25-19/h10,12-16,25-26H,6-9,11H2,1-5H3/b22-15+. The maximum Gasteiger partial charge on any atom is 0.146 e. The van der Waals surface area contributed by atoms with Gasteiger partial charge in [0.2, 0.25) is 0 Å². The molecule has 2 aromatic heterocycles. The number of aliphatic imine (C=N–C) groups is 1. The molecule has 28 heavy (non-hydrogen) atoms. The van der Waals surface area contributed by atoms with Crippen LogP contribution in [0, 0.1) is 0 Å². The third-order valence-electron chi connectivity index (χ3n) is 5.15. The minimum atomic E-state index is 0.0616. The van der Waals surface area contributed by atoms with Gasteiger partial charge in [-0.1, -0.05) is 47.0 Å². The molecule has 3 heterocycles. The summed E-state index contributed by atoms with van der Waals surface area (Å²) in [6.45, 7) is 9.03. The molecule has 0 spiro atoms. The first-order chi connectivity index (χ1) is 13.4. The smallest absolute Gasteiger partial charge is 0.146 e. The molecule has 0 saturated carbocycles. The number of rotatable bonds is 8. The van der Waals surface area contributed by atoms with E-state index in [1.165, 1.54) is 36.9 Å². The number of methoxy groups -OCH3 is 1. The maximum atomic E-state index is 5.60. The summed E-state index contributed by atoms with van der Waals surface area (Å²) in [5, 5.41) is 0. The van der Waals surface area contributed by atoms with E-state index in [-0.39, 0.29) is 5.41 Å². The minimum Gasteiger partial charge on any atom is -0.494 e. The highest BCUT2D eigenvalue weighted by molar-refractivity contribution is 6.11. The molecule has 0 radical (unpaired) electrons. The van der Waals surface area contributed by atoms with Crippen LogP contribution in [-0.2, 0) is 16.6 Å². The lowest BCUT2D eigenvalue weighted by Gasteiger charge is -2.18. The molecular formula is C24H33N3O. The number of nitrogens with one attached hydrogen (secondary N) is 2. The zero-order valence-electron chi connectivity index (χ0n) is 17.9. The van der Waals surface area contributed by atoms with E-state index in [1.54, 1.807) is 7.11 Å². The van der Waals surface area contributed by atoms with Crippen molar-refractivity contribution in [3.63, 3.8) is 0 Å². The summed E-state index contributed by atoms with van der Waals surface area (Å²) in [5.74, 6) is 0.795. The molecule has 0 aliphatic carbocycles. The lowest BCUT2D eigenvalue weighted by atomic mass is 9.86. The molecule has 0 amide bonds. The van der Waals surface area contributed by atoms with E-state index in [2.05, 4.69) is 49.8 Å². The van der Waals surface area contributed by atoms with E-state index >= 15 is 0 Å². The van der Waals surface area contributed by atoms with Gasteiger partial charge in [-0.15, -0.1) is 0 Å². The van der Waals surface area contributed by atoms with Crippen molar-refractivity contribution in [1.82, 2.24) is 9.97 Å². The number of H-pyrrole nitrogens is 2.